The van der Waals surface area contributed by atoms with Crippen LogP contribution in [0.2, 0.25) is 0 Å². The van der Waals surface area contributed by atoms with Gasteiger partial charge in [0.25, 0.3) is 0 Å². The maximum Gasteiger partial charge on any atom is 0.227 e. The number of hydrogen-bond acceptors (Lipinski definition) is 4. The molecule has 1 aromatic rings. The Hall–Kier alpha value is -2.24. The zero-order valence-corrected chi connectivity index (χ0v) is 14.2. The Balaban J connectivity index is 2.22. The topological polar surface area (TPSA) is 59.1 Å². The van der Waals surface area contributed by atoms with E-state index in [1.54, 1.807) is 42.2 Å². The summed E-state index contributed by atoms with van der Waals surface area (Å²) in [6.45, 7) is 5.60. The lowest BCUT2D eigenvalue weighted by atomic mass is 10.1. The lowest BCUT2D eigenvalue weighted by Gasteiger charge is -2.23. The van der Waals surface area contributed by atoms with Crippen LogP contribution >= 0.6 is 0 Å². The number of hydrogen-bond donors (Lipinski definition) is 0. The van der Waals surface area contributed by atoms with E-state index in [0.29, 0.717) is 36.8 Å². The van der Waals surface area contributed by atoms with Crippen molar-refractivity contribution in [2.24, 2.45) is 5.92 Å². The summed E-state index contributed by atoms with van der Waals surface area (Å²) in [7, 11) is 3.13. The van der Waals surface area contributed by atoms with E-state index in [-0.39, 0.29) is 24.2 Å². The molecule has 6 heteroatoms. The lowest BCUT2D eigenvalue weighted by molar-refractivity contribution is -0.135. The first-order valence-electron chi connectivity index (χ1n) is 7.86. The fourth-order valence-electron chi connectivity index (χ4n) is 2.91. The van der Waals surface area contributed by atoms with Crippen LogP contribution in [0.1, 0.15) is 20.3 Å². The van der Waals surface area contributed by atoms with Crippen molar-refractivity contribution in [2.45, 2.75) is 20.3 Å². The standard InChI is InChI=1S/C17H24N2O4/c1-5-18(6-2)17(21)12-9-16(20)19(11-12)14-8-7-13(22-3)10-15(14)23-4/h7-8,10,12H,5-6,9,11H2,1-4H3/t12-/m1/s1. The smallest absolute Gasteiger partial charge is 0.227 e. The summed E-state index contributed by atoms with van der Waals surface area (Å²) < 4.78 is 10.5. The van der Waals surface area contributed by atoms with E-state index < -0.39 is 0 Å². The fraction of sp³-hybridized carbons (Fsp3) is 0.529. The molecule has 0 saturated carbocycles. The van der Waals surface area contributed by atoms with Gasteiger partial charge in [-0.05, 0) is 26.0 Å². The van der Waals surface area contributed by atoms with E-state index >= 15 is 0 Å². The summed E-state index contributed by atoms with van der Waals surface area (Å²) in [6, 6.07) is 5.31. The Bertz CT molecular complexity index is 584. The van der Waals surface area contributed by atoms with Crippen LogP contribution in [0.3, 0.4) is 0 Å². The van der Waals surface area contributed by atoms with Gasteiger partial charge in [0.1, 0.15) is 11.5 Å². The molecule has 0 N–H and O–H groups in total. The van der Waals surface area contributed by atoms with Gasteiger partial charge in [-0.15, -0.1) is 0 Å². The zero-order valence-electron chi connectivity index (χ0n) is 14.2. The molecular formula is C17H24N2O4. The Morgan fingerprint density at radius 3 is 2.52 bits per heavy atom. The van der Waals surface area contributed by atoms with Crippen LogP contribution in [0, 0.1) is 5.92 Å². The first-order valence-corrected chi connectivity index (χ1v) is 7.86. The number of carbonyl (C=O) groups is 2. The number of methoxy groups -OCH3 is 2. The number of carbonyl (C=O) groups excluding carboxylic acids is 2. The highest BCUT2D eigenvalue weighted by Crippen LogP contribution is 2.36. The summed E-state index contributed by atoms with van der Waals surface area (Å²) in [4.78, 5) is 28.3. The normalized spacial score (nSPS) is 17.3. The van der Waals surface area contributed by atoms with Crippen molar-refractivity contribution >= 4 is 17.5 Å². The van der Waals surface area contributed by atoms with Crippen molar-refractivity contribution in [3.8, 4) is 11.5 Å². The minimum Gasteiger partial charge on any atom is -0.497 e. The monoisotopic (exact) mass is 320 g/mol. The Kier molecular flexibility index (Phi) is 5.47. The van der Waals surface area contributed by atoms with Gasteiger partial charge in [0, 0.05) is 32.1 Å². The van der Waals surface area contributed by atoms with Crippen LogP contribution in [0.4, 0.5) is 5.69 Å². The predicted octanol–water partition coefficient (Wildman–Crippen LogP) is 1.93. The summed E-state index contributed by atoms with van der Waals surface area (Å²) in [5.74, 6) is 0.910. The Labute approximate surface area is 137 Å². The molecular weight excluding hydrogens is 296 g/mol. The molecule has 2 amide bonds. The fourth-order valence-corrected chi connectivity index (χ4v) is 2.91. The summed E-state index contributed by atoms with van der Waals surface area (Å²) in [6.07, 6.45) is 0.241. The molecule has 23 heavy (non-hydrogen) atoms. The first-order chi connectivity index (χ1) is 11.0. The summed E-state index contributed by atoms with van der Waals surface area (Å²) in [5, 5.41) is 0. The van der Waals surface area contributed by atoms with Gasteiger partial charge in [0.05, 0.1) is 25.8 Å². The third-order valence-electron chi connectivity index (χ3n) is 4.23. The number of amides is 2. The molecule has 1 aliphatic heterocycles. The van der Waals surface area contributed by atoms with E-state index in [1.165, 1.54) is 0 Å². The molecule has 2 rings (SSSR count). The summed E-state index contributed by atoms with van der Waals surface area (Å²) in [5.41, 5.74) is 0.674. The molecule has 0 aliphatic carbocycles. The average Bonchev–Trinajstić information content (AvgIpc) is 2.96. The Morgan fingerprint density at radius 2 is 1.96 bits per heavy atom. The third kappa shape index (κ3) is 3.41. The van der Waals surface area contributed by atoms with E-state index in [9.17, 15) is 9.59 Å². The number of ether oxygens (including phenoxy) is 2. The molecule has 1 saturated heterocycles. The van der Waals surface area contributed by atoms with Crippen molar-refractivity contribution in [3.63, 3.8) is 0 Å². The second-order valence-electron chi connectivity index (χ2n) is 5.45. The molecule has 0 unspecified atom stereocenters. The van der Waals surface area contributed by atoms with E-state index in [2.05, 4.69) is 0 Å². The minimum absolute atomic E-state index is 0.0401. The zero-order chi connectivity index (χ0) is 17.0. The second kappa shape index (κ2) is 7.35. The van der Waals surface area contributed by atoms with Gasteiger partial charge >= 0.3 is 0 Å². The van der Waals surface area contributed by atoms with Crippen molar-refractivity contribution in [3.05, 3.63) is 18.2 Å². The minimum atomic E-state index is -0.297. The molecule has 0 aromatic heterocycles. The van der Waals surface area contributed by atoms with E-state index in [1.807, 2.05) is 13.8 Å². The van der Waals surface area contributed by atoms with Crippen molar-refractivity contribution in [1.29, 1.82) is 0 Å². The van der Waals surface area contributed by atoms with Crippen LogP contribution in [-0.2, 0) is 9.59 Å². The molecule has 1 aromatic carbocycles. The van der Waals surface area contributed by atoms with Gasteiger partial charge in [0.15, 0.2) is 0 Å². The van der Waals surface area contributed by atoms with Gasteiger partial charge in [0.2, 0.25) is 11.8 Å². The molecule has 6 nitrogen and oxygen atoms in total. The highest BCUT2D eigenvalue weighted by atomic mass is 16.5. The highest BCUT2D eigenvalue weighted by Gasteiger charge is 2.37. The number of rotatable bonds is 6. The Morgan fingerprint density at radius 1 is 1.26 bits per heavy atom. The number of anilines is 1. The lowest BCUT2D eigenvalue weighted by Crippen LogP contribution is -2.37. The summed E-state index contributed by atoms with van der Waals surface area (Å²) >= 11 is 0. The van der Waals surface area contributed by atoms with Crippen molar-refractivity contribution in [1.82, 2.24) is 4.90 Å². The van der Waals surface area contributed by atoms with E-state index in [0.717, 1.165) is 0 Å². The molecule has 1 heterocycles. The second-order valence-corrected chi connectivity index (χ2v) is 5.45. The average molecular weight is 320 g/mol. The van der Waals surface area contributed by atoms with Crippen LogP contribution in [0.25, 0.3) is 0 Å². The van der Waals surface area contributed by atoms with Gasteiger partial charge < -0.3 is 19.3 Å². The highest BCUT2D eigenvalue weighted by molar-refractivity contribution is 6.01. The molecule has 1 atom stereocenters. The van der Waals surface area contributed by atoms with Gasteiger partial charge in [-0.2, -0.15) is 0 Å². The molecule has 1 fully saturated rings. The molecule has 0 radical (unpaired) electrons. The van der Waals surface area contributed by atoms with Gasteiger partial charge in [-0.25, -0.2) is 0 Å². The number of benzene rings is 1. The quantitative estimate of drug-likeness (QED) is 0.803. The van der Waals surface area contributed by atoms with Gasteiger partial charge in [-0.1, -0.05) is 0 Å². The molecule has 0 bridgehead atoms. The molecule has 1 aliphatic rings. The van der Waals surface area contributed by atoms with Crippen molar-refractivity contribution in [2.75, 3.05) is 38.8 Å². The van der Waals surface area contributed by atoms with Gasteiger partial charge in [-0.3, -0.25) is 9.59 Å². The van der Waals surface area contributed by atoms with Crippen LogP contribution < -0.4 is 14.4 Å². The number of nitrogens with zero attached hydrogens (tertiary/aromatic N) is 2. The predicted molar refractivity (Wildman–Crippen MR) is 87.9 cm³/mol. The SMILES string of the molecule is CCN(CC)C(=O)[C@@H]1CC(=O)N(c2ccc(OC)cc2OC)C1. The van der Waals surface area contributed by atoms with E-state index in [4.69, 9.17) is 9.47 Å². The maximum atomic E-state index is 12.5. The molecule has 126 valence electrons. The van der Waals surface area contributed by atoms with Crippen LogP contribution in [0.5, 0.6) is 11.5 Å². The largest absolute Gasteiger partial charge is 0.497 e. The van der Waals surface area contributed by atoms with Crippen molar-refractivity contribution < 1.29 is 19.1 Å². The third-order valence-corrected chi connectivity index (χ3v) is 4.23. The molecule has 0 spiro atoms. The first kappa shape index (κ1) is 17.1. The van der Waals surface area contributed by atoms with Crippen LogP contribution in [0.15, 0.2) is 18.2 Å². The maximum absolute atomic E-state index is 12.5. The van der Waals surface area contributed by atoms with Crippen LogP contribution in [-0.4, -0.2) is 50.6 Å².